The number of thiocarbonyl (C=S) groups is 1. The third kappa shape index (κ3) is 5.81. The Hall–Kier alpha value is -2.49. The number of anilines is 1. The standard InChI is InChI=1S/C22H27N3O4S2/c1-14-17(20(26)28-2)19(31-18(14)21(27)29-3)24-22(30)23-16-9-11-25(12-10-16)13-15-7-5-4-6-8-15/h4-8,16H,9-13H2,1-3H3,(H2,23,24,30). The molecule has 2 N–H and O–H groups in total. The van der Waals surface area contributed by atoms with Crippen LogP contribution in [0.2, 0.25) is 0 Å². The van der Waals surface area contributed by atoms with Crippen LogP contribution in [-0.4, -0.2) is 55.3 Å². The maximum atomic E-state index is 12.3. The molecule has 0 saturated carbocycles. The molecule has 0 atom stereocenters. The van der Waals surface area contributed by atoms with Gasteiger partial charge in [0.1, 0.15) is 9.88 Å². The van der Waals surface area contributed by atoms with Crippen molar-refractivity contribution in [1.82, 2.24) is 10.2 Å². The van der Waals surface area contributed by atoms with Gasteiger partial charge in [0.2, 0.25) is 0 Å². The second-order valence-corrected chi connectivity index (χ2v) is 8.81. The van der Waals surface area contributed by atoms with Crippen LogP contribution in [0.4, 0.5) is 5.00 Å². The highest BCUT2D eigenvalue weighted by molar-refractivity contribution is 7.80. The molecule has 0 bridgehead atoms. The summed E-state index contributed by atoms with van der Waals surface area (Å²) in [6, 6.07) is 10.7. The summed E-state index contributed by atoms with van der Waals surface area (Å²) in [5, 5.41) is 7.32. The Labute approximate surface area is 191 Å². The number of esters is 2. The van der Waals surface area contributed by atoms with Crippen molar-refractivity contribution in [2.24, 2.45) is 0 Å². The smallest absolute Gasteiger partial charge is 0.348 e. The summed E-state index contributed by atoms with van der Waals surface area (Å²) in [6.45, 7) is 4.60. The van der Waals surface area contributed by atoms with E-state index in [0.29, 0.717) is 26.1 Å². The minimum atomic E-state index is -0.525. The zero-order valence-corrected chi connectivity index (χ0v) is 19.5. The molecule has 2 aromatic rings. The van der Waals surface area contributed by atoms with E-state index in [9.17, 15) is 9.59 Å². The molecule has 166 valence electrons. The van der Waals surface area contributed by atoms with Crippen molar-refractivity contribution >= 4 is 45.6 Å². The Kier molecular flexibility index (Phi) is 8.00. The van der Waals surface area contributed by atoms with Crippen LogP contribution in [0.1, 0.15) is 44.0 Å². The molecule has 1 saturated heterocycles. The van der Waals surface area contributed by atoms with Crippen molar-refractivity contribution in [1.29, 1.82) is 0 Å². The number of thiophene rings is 1. The molecule has 1 aliphatic heterocycles. The predicted octanol–water partition coefficient (Wildman–Crippen LogP) is 3.58. The summed E-state index contributed by atoms with van der Waals surface area (Å²) in [4.78, 5) is 27.1. The first kappa shape index (κ1) is 23.2. The summed E-state index contributed by atoms with van der Waals surface area (Å²) in [6.07, 6.45) is 1.94. The maximum Gasteiger partial charge on any atom is 0.348 e. The molecule has 0 spiro atoms. The zero-order valence-electron chi connectivity index (χ0n) is 17.9. The summed E-state index contributed by atoms with van der Waals surface area (Å²) in [5.74, 6) is -1.02. The quantitative estimate of drug-likeness (QED) is 0.499. The largest absolute Gasteiger partial charge is 0.465 e. The molecule has 0 amide bonds. The number of carbonyl (C=O) groups is 2. The number of hydrogen-bond acceptors (Lipinski definition) is 7. The van der Waals surface area contributed by atoms with Crippen LogP contribution in [0.3, 0.4) is 0 Å². The number of methoxy groups -OCH3 is 2. The number of nitrogens with one attached hydrogen (secondary N) is 2. The Morgan fingerprint density at radius 1 is 1.13 bits per heavy atom. The highest BCUT2D eigenvalue weighted by Crippen LogP contribution is 2.34. The van der Waals surface area contributed by atoms with Crippen LogP contribution in [0.25, 0.3) is 0 Å². The number of likely N-dealkylation sites (tertiary alicyclic amines) is 1. The van der Waals surface area contributed by atoms with Gasteiger partial charge in [-0.15, -0.1) is 11.3 Å². The molecule has 9 heteroatoms. The van der Waals surface area contributed by atoms with Crippen molar-refractivity contribution in [2.45, 2.75) is 32.4 Å². The highest BCUT2D eigenvalue weighted by Gasteiger charge is 2.27. The Balaban J connectivity index is 1.58. The van der Waals surface area contributed by atoms with Gasteiger partial charge in [-0.25, -0.2) is 9.59 Å². The zero-order chi connectivity index (χ0) is 22.4. The van der Waals surface area contributed by atoms with Gasteiger partial charge in [0.25, 0.3) is 0 Å². The normalized spacial score (nSPS) is 14.7. The lowest BCUT2D eigenvalue weighted by molar-refractivity contribution is 0.0601. The molecule has 1 fully saturated rings. The van der Waals surface area contributed by atoms with E-state index < -0.39 is 11.9 Å². The summed E-state index contributed by atoms with van der Waals surface area (Å²) < 4.78 is 9.70. The average molecular weight is 462 g/mol. The average Bonchev–Trinajstić information content (AvgIpc) is 3.10. The lowest BCUT2D eigenvalue weighted by Gasteiger charge is -2.33. The molecular weight excluding hydrogens is 434 g/mol. The second kappa shape index (κ2) is 10.7. The van der Waals surface area contributed by atoms with E-state index in [1.54, 1.807) is 6.92 Å². The summed E-state index contributed by atoms with van der Waals surface area (Å²) >= 11 is 6.62. The number of piperidine rings is 1. The second-order valence-electron chi connectivity index (χ2n) is 7.38. The fourth-order valence-electron chi connectivity index (χ4n) is 3.64. The van der Waals surface area contributed by atoms with Crippen LogP contribution in [-0.2, 0) is 16.0 Å². The van der Waals surface area contributed by atoms with E-state index in [1.807, 2.05) is 6.07 Å². The van der Waals surface area contributed by atoms with Gasteiger partial charge in [-0.2, -0.15) is 0 Å². The third-order valence-electron chi connectivity index (χ3n) is 5.31. The molecule has 1 aliphatic rings. The number of rotatable bonds is 6. The van der Waals surface area contributed by atoms with E-state index in [1.165, 1.54) is 19.8 Å². The lowest BCUT2D eigenvalue weighted by Crippen LogP contribution is -2.45. The van der Waals surface area contributed by atoms with Crippen molar-refractivity contribution in [3.8, 4) is 0 Å². The summed E-state index contributed by atoms with van der Waals surface area (Å²) in [7, 11) is 2.61. The van der Waals surface area contributed by atoms with Gasteiger partial charge in [0.05, 0.1) is 19.8 Å². The first-order chi connectivity index (χ1) is 14.9. The first-order valence-electron chi connectivity index (χ1n) is 10.1. The van der Waals surface area contributed by atoms with Gasteiger partial charge in [-0.1, -0.05) is 30.3 Å². The third-order valence-corrected chi connectivity index (χ3v) is 6.71. The van der Waals surface area contributed by atoms with Crippen LogP contribution >= 0.6 is 23.6 Å². The molecular formula is C22H27N3O4S2. The van der Waals surface area contributed by atoms with E-state index in [-0.39, 0.29) is 6.04 Å². The van der Waals surface area contributed by atoms with E-state index >= 15 is 0 Å². The summed E-state index contributed by atoms with van der Waals surface area (Å²) in [5.41, 5.74) is 2.13. The highest BCUT2D eigenvalue weighted by atomic mass is 32.1. The number of ether oxygens (including phenoxy) is 2. The molecule has 0 unspecified atom stereocenters. The van der Waals surface area contributed by atoms with E-state index in [0.717, 1.165) is 43.8 Å². The maximum absolute atomic E-state index is 12.3. The molecule has 1 aromatic heterocycles. The molecule has 2 heterocycles. The molecule has 3 rings (SSSR count). The van der Waals surface area contributed by atoms with E-state index in [2.05, 4.69) is 39.8 Å². The Morgan fingerprint density at radius 3 is 2.39 bits per heavy atom. The fourth-order valence-corrected chi connectivity index (χ4v) is 5.09. The topological polar surface area (TPSA) is 79.9 Å². The Morgan fingerprint density at radius 2 is 1.77 bits per heavy atom. The van der Waals surface area contributed by atoms with Crippen LogP contribution < -0.4 is 10.6 Å². The van der Waals surface area contributed by atoms with Crippen molar-refractivity contribution in [2.75, 3.05) is 32.6 Å². The number of benzene rings is 1. The van der Waals surface area contributed by atoms with Crippen LogP contribution in [0.5, 0.6) is 0 Å². The fraction of sp³-hybridized carbons (Fsp3) is 0.409. The van der Waals surface area contributed by atoms with Gasteiger partial charge in [-0.3, -0.25) is 4.90 Å². The lowest BCUT2D eigenvalue weighted by atomic mass is 10.0. The van der Waals surface area contributed by atoms with Gasteiger partial charge >= 0.3 is 11.9 Å². The molecule has 7 nitrogen and oxygen atoms in total. The van der Waals surface area contributed by atoms with Gasteiger partial charge < -0.3 is 20.1 Å². The van der Waals surface area contributed by atoms with Crippen LogP contribution in [0, 0.1) is 6.92 Å². The van der Waals surface area contributed by atoms with Gasteiger partial charge in [0.15, 0.2) is 5.11 Å². The molecule has 0 radical (unpaired) electrons. The molecule has 0 aliphatic carbocycles. The minimum Gasteiger partial charge on any atom is -0.465 e. The minimum absolute atomic E-state index is 0.245. The number of hydrogen-bond donors (Lipinski definition) is 2. The number of carbonyl (C=O) groups excluding carboxylic acids is 2. The SMILES string of the molecule is COC(=O)c1sc(NC(=S)NC2CCN(Cc3ccccc3)CC2)c(C(=O)OC)c1C. The van der Waals surface area contributed by atoms with Gasteiger partial charge in [-0.05, 0) is 43.1 Å². The van der Waals surface area contributed by atoms with Crippen molar-refractivity contribution in [3.63, 3.8) is 0 Å². The number of nitrogens with zero attached hydrogens (tertiary/aromatic N) is 1. The molecule has 31 heavy (non-hydrogen) atoms. The first-order valence-corrected chi connectivity index (χ1v) is 11.3. The van der Waals surface area contributed by atoms with Crippen molar-refractivity contribution < 1.29 is 19.1 Å². The monoisotopic (exact) mass is 461 g/mol. The Bertz CT molecular complexity index is 938. The van der Waals surface area contributed by atoms with Crippen molar-refractivity contribution in [3.05, 3.63) is 51.9 Å². The van der Waals surface area contributed by atoms with Crippen LogP contribution in [0.15, 0.2) is 30.3 Å². The predicted molar refractivity (Wildman–Crippen MR) is 126 cm³/mol. The van der Waals surface area contributed by atoms with E-state index in [4.69, 9.17) is 21.7 Å². The van der Waals surface area contributed by atoms with Gasteiger partial charge in [0, 0.05) is 25.7 Å². The molecule has 1 aromatic carbocycles.